The van der Waals surface area contributed by atoms with E-state index < -0.39 is 5.97 Å². The molecule has 0 aromatic heterocycles. The van der Waals surface area contributed by atoms with Gasteiger partial charge in [0.1, 0.15) is 0 Å². The molecule has 0 bridgehead atoms. The third kappa shape index (κ3) is 7.05. The van der Waals surface area contributed by atoms with Gasteiger partial charge in [-0.1, -0.05) is 20.8 Å². The fourth-order valence-electron chi connectivity index (χ4n) is 1.73. The Balaban J connectivity index is 5.78. The van der Waals surface area contributed by atoms with Crippen molar-refractivity contribution in [3.63, 3.8) is 0 Å². The second-order valence-corrected chi connectivity index (χ2v) is 9.45. The third-order valence-corrected chi connectivity index (χ3v) is 2.24. The maximum atomic E-state index is 6.30. The lowest BCUT2D eigenvalue weighted by Crippen LogP contribution is -2.59. The van der Waals surface area contributed by atoms with Crippen molar-refractivity contribution in [2.75, 3.05) is 0 Å². The van der Waals surface area contributed by atoms with E-state index in [1.807, 2.05) is 62.3 Å². The largest absolute Gasteiger partial charge is 0.321 e. The highest BCUT2D eigenvalue weighted by Crippen LogP contribution is 2.44. The van der Waals surface area contributed by atoms with Gasteiger partial charge in [-0.15, -0.1) is 0 Å². The van der Waals surface area contributed by atoms with Crippen LogP contribution in [0.1, 0.15) is 83.1 Å². The number of hydrogen-bond donors (Lipinski definition) is 0. The first kappa shape index (κ1) is 19.9. The maximum Gasteiger partial charge on any atom is 0.289 e. The minimum Gasteiger partial charge on any atom is -0.321 e. The second-order valence-electron chi connectivity index (χ2n) is 9.45. The predicted octanol–water partition coefficient (Wildman–Crippen LogP) is 5.13. The average molecular weight is 288 g/mol. The van der Waals surface area contributed by atoms with Crippen LogP contribution >= 0.6 is 0 Å². The van der Waals surface area contributed by atoms with Gasteiger partial charge < -0.3 is 14.2 Å². The molecule has 0 aliphatic carbocycles. The van der Waals surface area contributed by atoms with Crippen LogP contribution in [0.4, 0.5) is 0 Å². The SMILES string of the molecule is CC(C)(C)OC(OC(C)(C)C)(OC(C)(C)C)C(C)(C)C. The summed E-state index contributed by atoms with van der Waals surface area (Å²) in [5.74, 6) is -1.11. The minimum atomic E-state index is -1.11. The van der Waals surface area contributed by atoms with E-state index in [0.29, 0.717) is 0 Å². The highest BCUT2D eigenvalue weighted by molar-refractivity contribution is 4.84. The Bertz CT molecular complexity index is 264. The zero-order valence-corrected chi connectivity index (χ0v) is 15.7. The van der Waals surface area contributed by atoms with Crippen LogP contribution in [0.15, 0.2) is 0 Å². The Morgan fingerprint density at radius 3 is 0.700 bits per heavy atom. The Morgan fingerprint density at radius 1 is 0.400 bits per heavy atom. The lowest BCUT2D eigenvalue weighted by atomic mass is 9.90. The van der Waals surface area contributed by atoms with Crippen molar-refractivity contribution in [2.24, 2.45) is 5.41 Å². The normalized spacial score (nSPS) is 15.6. The summed E-state index contributed by atoms with van der Waals surface area (Å²) in [6.45, 7) is 24.4. The maximum absolute atomic E-state index is 6.30. The van der Waals surface area contributed by atoms with Gasteiger partial charge >= 0.3 is 0 Å². The molecule has 0 N–H and O–H groups in total. The lowest BCUT2D eigenvalue weighted by Gasteiger charge is -2.51. The molecule has 0 aromatic rings. The summed E-state index contributed by atoms with van der Waals surface area (Å²) in [7, 11) is 0. The van der Waals surface area contributed by atoms with Crippen LogP contribution in [0.5, 0.6) is 0 Å². The van der Waals surface area contributed by atoms with Crippen molar-refractivity contribution in [2.45, 2.75) is 106 Å². The molecule has 122 valence electrons. The molecule has 3 heteroatoms. The van der Waals surface area contributed by atoms with E-state index in [1.54, 1.807) is 0 Å². The molecule has 0 heterocycles. The minimum absolute atomic E-state index is 0.332. The van der Waals surface area contributed by atoms with E-state index in [-0.39, 0.29) is 22.2 Å². The van der Waals surface area contributed by atoms with Crippen molar-refractivity contribution < 1.29 is 14.2 Å². The van der Waals surface area contributed by atoms with Crippen LogP contribution in [-0.2, 0) is 14.2 Å². The predicted molar refractivity (Wildman–Crippen MR) is 84.7 cm³/mol. The number of hydrogen-bond acceptors (Lipinski definition) is 3. The molecule has 0 saturated heterocycles. The Labute approximate surface area is 126 Å². The molecule has 0 aliphatic heterocycles. The van der Waals surface area contributed by atoms with Gasteiger partial charge in [0.05, 0.1) is 16.8 Å². The van der Waals surface area contributed by atoms with E-state index in [4.69, 9.17) is 14.2 Å². The quantitative estimate of drug-likeness (QED) is 0.674. The summed E-state index contributed by atoms with van der Waals surface area (Å²) in [6, 6.07) is 0. The van der Waals surface area contributed by atoms with Gasteiger partial charge in [-0.25, -0.2) is 0 Å². The second kappa shape index (κ2) is 5.58. The standard InChI is InChI=1S/C17H36O3/c1-13(2,3)17(18-14(4,5)6,19-15(7,8)9)20-16(10,11)12/h1-12H3. The van der Waals surface area contributed by atoms with Crippen LogP contribution in [0.3, 0.4) is 0 Å². The molecule has 0 radical (unpaired) electrons. The van der Waals surface area contributed by atoms with Gasteiger partial charge in [0, 0.05) is 5.41 Å². The van der Waals surface area contributed by atoms with Crippen LogP contribution in [-0.4, -0.2) is 22.8 Å². The Hall–Kier alpha value is -0.120. The topological polar surface area (TPSA) is 27.7 Å². The zero-order chi connectivity index (χ0) is 16.6. The molecule has 0 aliphatic rings. The fraction of sp³-hybridized carbons (Fsp3) is 1.00. The smallest absolute Gasteiger partial charge is 0.289 e. The first-order valence-corrected chi connectivity index (χ1v) is 7.47. The summed E-state index contributed by atoms with van der Waals surface area (Å²) in [4.78, 5) is 0. The Morgan fingerprint density at radius 2 is 0.600 bits per heavy atom. The van der Waals surface area contributed by atoms with Gasteiger partial charge in [-0.3, -0.25) is 0 Å². The molecule has 0 spiro atoms. The van der Waals surface area contributed by atoms with E-state index in [2.05, 4.69) is 20.8 Å². The van der Waals surface area contributed by atoms with Gasteiger partial charge in [-0.05, 0) is 62.3 Å². The van der Waals surface area contributed by atoms with Crippen LogP contribution in [0, 0.1) is 5.41 Å². The van der Waals surface area contributed by atoms with Gasteiger partial charge in [0.15, 0.2) is 0 Å². The summed E-state index contributed by atoms with van der Waals surface area (Å²) < 4.78 is 18.9. The molecule has 3 nitrogen and oxygen atoms in total. The molecule has 20 heavy (non-hydrogen) atoms. The van der Waals surface area contributed by atoms with E-state index in [1.165, 1.54) is 0 Å². The van der Waals surface area contributed by atoms with Crippen molar-refractivity contribution in [1.82, 2.24) is 0 Å². The van der Waals surface area contributed by atoms with Gasteiger partial charge in [0.25, 0.3) is 5.97 Å². The molecule has 0 rings (SSSR count). The van der Waals surface area contributed by atoms with Crippen LogP contribution in [0.25, 0.3) is 0 Å². The lowest BCUT2D eigenvalue weighted by molar-refractivity contribution is -0.481. The Kier molecular flexibility index (Phi) is 5.55. The summed E-state index contributed by atoms with van der Waals surface area (Å²) in [5.41, 5.74) is -1.45. The molecule has 0 unspecified atom stereocenters. The number of ether oxygens (including phenoxy) is 3. The van der Waals surface area contributed by atoms with Crippen LogP contribution in [0.2, 0.25) is 0 Å². The van der Waals surface area contributed by atoms with E-state index in [0.717, 1.165) is 0 Å². The molecular formula is C17H36O3. The highest BCUT2D eigenvalue weighted by Gasteiger charge is 2.53. The average Bonchev–Trinajstić information content (AvgIpc) is 1.88. The van der Waals surface area contributed by atoms with Crippen molar-refractivity contribution >= 4 is 0 Å². The first-order valence-electron chi connectivity index (χ1n) is 7.47. The van der Waals surface area contributed by atoms with Gasteiger partial charge in [-0.2, -0.15) is 0 Å². The molecule has 0 aromatic carbocycles. The van der Waals surface area contributed by atoms with Crippen LogP contribution < -0.4 is 0 Å². The summed E-state index contributed by atoms with van der Waals surface area (Å²) >= 11 is 0. The number of rotatable bonds is 3. The molecule has 0 fully saturated rings. The van der Waals surface area contributed by atoms with Gasteiger partial charge in [0.2, 0.25) is 0 Å². The third-order valence-electron chi connectivity index (χ3n) is 2.24. The first-order chi connectivity index (χ1) is 8.37. The molecule has 0 atom stereocenters. The molecule has 0 amide bonds. The summed E-state index contributed by atoms with van der Waals surface area (Å²) in [5, 5.41) is 0. The van der Waals surface area contributed by atoms with Crippen molar-refractivity contribution in [1.29, 1.82) is 0 Å². The molecular weight excluding hydrogens is 252 g/mol. The van der Waals surface area contributed by atoms with Crippen molar-refractivity contribution in [3.8, 4) is 0 Å². The van der Waals surface area contributed by atoms with E-state index >= 15 is 0 Å². The van der Waals surface area contributed by atoms with E-state index in [9.17, 15) is 0 Å². The van der Waals surface area contributed by atoms with Crippen molar-refractivity contribution in [3.05, 3.63) is 0 Å². The highest BCUT2D eigenvalue weighted by atomic mass is 16.9. The summed E-state index contributed by atoms with van der Waals surface area (Å²) in [6.07, 6.45) is 0. The monoisotopic (exact) mass is 288 g/mol. The zero-order valence-electron chi connectivity index (χ0n) is 15.7. The molecule has 0 saturated carbocycles. The fourth-order valence-corrected chi connectivity index (χ4v) is 1.73.